The summed E-state index contributed by atoms with van der Waals surface area (Å²) < 4.78 is 27.2. The zero-order chi connectivity index (χ0) is 12.8. The Balaban J connectivity index is 4.41. The maximum absolute atomic E-state index is 12.0. The monoisotopic (exact) mass is 268 g/mol. The summed E-state index contributed by atoms with van der Waals surface area (Å²) in [6.07, 6.45) is -0.307. The Labute approximate surface area is 98.1 Å². The molecule has 0 fully saturated rings. The standard InChI is InChI=1S/C9H21O5PSi/c1-6-12-15(11,13-7-2)8-9(10)14-16(3,4)5/h6-8H2,1-5H3. The quantitative estimate of drug-likeness (QED) is 0.524. The molecule has 0 aromatic rings. The molecule has 0 radical (unpaired) electrons. The Morgan fingerprint density at radius 1 is 1.12 bits per heavy atom. The Bertz CT molecular complexity index is 264. The van der Waals surface area contributed by atoms with Crippen molar-refractivity contribution in [2.75, 3.05) is 19.4 Å². The van der Waals surface area contributed by atoms with Crippen molar-refractivity contribution in [1.29, 1.82) is 0 Å². The van der Waals surface area contributed by atoms with Gasteiger partial charge in [-0.3, -0.25) is 9.36 Å². The van der Waals surface area contributed by atoms with E-state index in [1.54, 1.807) is 13.8 Å². The van der Waals surface area contributed by atoms with Crippen LogP contribution in [0.25, 0.3) is 0 Å². The van der Waals surface area contributed by atoms with E-state index < -0.39 is 21.9 Å². The van der Waals surface area contributed by atoms with Crippen LogP contribution in [0.2, 0.25) is 19.6 Å². The van der Waals surface area contributed by atoms with Gasteiger partial charge in [0.25, 0.3) is 0 Å². The smallest absolute Gasteiger partial charge is 0.341 e. The van der Waals surface area contributed by atoms with Crippen LogP contribution >= 0.6 is 7.60 Å². The fourth-order valence-electron chi connectivity index (χ4n) is 1.05. The largest absolute Gasteiger partial charge is 0.519 e. The highest BCUT2D eigenvalue weighted by atomic mass is 31.2. The highest BCUT2D eigenvalue weighted by molar-refractivity contribution is 7.54. The summed E-state index contributed by atoms with van der Waals surface area (Å²) >= 11 is 0. The van der Waals surface area contributed by atoms with Crippen molar-refractivity contribution in [1.82, 2.24) is 0 Å². The summed E-state index contributed by atoms with van der Waals surface area (Å²) in [5.74, 6) is -0.510. The second-order valence-corrected chi connectivity index (χ2v) is 10.7. The molecule has 0 spiro atoms. The van der Waals surface area contributed by atoms with Gasteiger partial charge in [0, 0.05) is 0 Å². The molecule has 0 saturated carbocycles. The van der Waals surface area contributed by atoms with Crippen LogP contribution in [0.15, 0.2) is 0 Å². The molecule has 0 N–H and O–H groups in total. The minimum atomic E-state index is -3.31. The lowest BCUT2D eigenvalue weighted by molar-refractivity contribution is -0.132. The number of rotatable bonds is 7. The van der Waals surface area contributed by atoms with Gasteiger partial charge >= 0.3 is 13.6 Å². The molecule has 16 heavy (non-hydrogen) atoms. The van der Waals surface area contributed by atoms with E-state index in [-0.39, 0.29) is 19.4 Å². The summed E-state index contributed by atoms with van der Waals surface area (Å²) in [7, 11) is -5.26. The van der Waals surface area contributed by atoms with E-state index >= 15 is 0 Å². The third-order valence-corrected chi connectivity index (χ3v) is 4.18. The average Bonchev–Trinajstić information content (AvgIpc) is 1.99. The minimum Gasteiger partial charge on any atom is -0.519 e. The van der Waals surface area contributed by atoms with Crippen LogP contribution in [-0.4, -0.2) is 33.7 Å². The summed E-state index contributed by atoms with van der Waals surface area (Å²) in [5, 5.41) is 0. The molecule has 0 unspecified atom stereocenters. The van der Waals surface area contributed by atoms with Gasteiger partial charge < -0.3 is 13.5 Å². The van der Waals surface area contributed by atoms with Gasteiger partial charge in [0.15, 0.2) is 0 Å². The first-order chi connectivity index (χ1) is 7.22. The predicted molar refractivity (Wildman–Crippen MR) is 65.2 cm³/mol. The van der Waals surface area contributed by atoms with E-state index in [1.807, 2.05) is 19.6 Å². The van der Waals surface area contributed by atoms with Crippen molar-refractivity contribution >= 4 is 21.9 Å². The summed E-state index contributed by atoms with van der Waals surface area (Å²) in [6.45, 7) is 9.56. The molecule has 0 amide bonds. The van der Waals surface area contributed by atoms with E-state index in [0.717, 1.165) is 0 Å². The molecule has 0 aliphatic carbocycles. The van der Waals surface area contributed by atoms with Crippen LogP contribution < -0.4 is 0 Å². The minimum absolute atomic E-state index is 0.248. The van der Waals surface area contributed by atoms with Crippen molar-refractivity contribution in [3.8, 4) is 0 Å². The van der Waals surface area contributed by atoms with E-state index in [1.165, 1.54) is 0 Å². The molecule has 0 rings (SSSR count). The lowest BCUT2D eigenvalue weighted by Crippen LogP contribution is -2.30. The molecule has 0 aliphatic heterocycles. The van der Waals surface area contributed by atoms with Crippen molar-refractivity contribution in [2.45, 2.75) is 33.5 Å². The molecule has 0 atom stereocenters. The maximum atomic E-state index is 12.0. The van der Waals surface area contributed by atoms with Crippen molar-refractivity contribution in [3.63, 3.8) is 0 Å². The van der Waals surface area contributed by atoms with Gasteiger partial charge in [0.05, 0.1) is 13.2 Å². The zero-order valence-corrected chi connectivity index (χ0v) is 12.5. The molecule has 0 saturated heterocycles. The Hall–Kier alpha value is -0.163. The third kappa shape index (κ3) is 7.17. The van der Waals surface area contributed by atoms with Gasteiger partial charge in [-0.05, 0) is 33.5 Å². The SMILES string of the molecule is CCOP(=O)(CC(=O)O[Si](C)(C)C)OCC. The highest BCUT2D eigenvalue weighted by Crippen LogP contribution is 2.47. The molecule has 0 heterocycles. The lowest BCUT2D eigenvalue weighted by Gasteiger charge is -2.20. The second-order valence-electron chi connectivity index (χ2n) is 4.19. The number of hydrogen-bond donors (Lipinski definition) is 0. The first kappa shape index (κ1) is 15.8. The number of carbonyl (C=O) groups excluding carboxylic acids is 1. The number of carbonyl (C=O) groups is 1. The Morgan fingerprint density at radius 3 is 1.88 bits per heavy atom. The molecule has 5 nitrogen and oxygen atoms in total. The van der Waals surface area contributed by atoms with Crippen LogP contribution in [0, 0.1) is 0 Å². The van der Waals surface area contributed by atoms with E-state index in [0.29, 0.717) is 0 Å². The lowest BCUT2D eigenvalue weighted by atomic mass is 10.8. The second kappa shape index (κ2) is 6.54. The van der Waals surface area contributed by atoms with E-state index in [9.17, 15) is 9.36 Å². The first-order valence-corrected chi connectivity index (χ1v) is 10.5. The Kier molecular flexibility index (Phi) is 6.48. The van der Waals surface area contributed by atoms with Crippen molar-refractivity contribution in [2.24, 2.45) is 0 Å². The summed E-state index contributed by atoms with van der Waals surface area (Å²) in [5.41, 5.74) is 0. The first-order valence-electron chi connectivity index (χ1n) is 5.32. The molecular weight excluding hydrogens is 247 g/mol. The molecule has 0 aromatic carbocycles. The van der Waals surface area contributed by atoms with E-state index in [4.69, 9.17) is 13.5 Å². The molecule has 7 heteroatoms. The van der Waals surface area contributed by atoms with Crippen molar-refractivity contribution < 1.29 is 22.8 Å². The molecular formula is C9H21O5PSi. The highest BCUT2D eigenvalue weighted by Gasteiger charge is 2.31. The van der Waals surface area contributed by atoms with Gasteiger partial charge in [0.2, 0.25) is 8.32 Å². The maximum Gasteiger partial charge on any atom is 0.341 e. The molecule has 96 valence electrons. The fourth-order valence-corrected chi connectivity index (χ4v) is 3.36. The molecule has 0 aromatic heterocycles. The van der Waals surface area contributed by atoms with Crippen LogP contribution in [0.1, 0.15) is 13.8 Å². The van der Waals surface area contributed by atoms with Crippen LogP contribution in [0.4, 0.5) is 0 Å². The van der Waals surface area contributed by atoms with Gasteiger partial charge in [-0.1, -0.05) is 0 Å². The summed E-state index contributed by atoms with van der Waals surface area (Å²) in [6, 6.07) is 0. The average molecular weight is 268 g/mol. The van der Waals surface area contributed by atoms with E-state index in [2.05, 4.69) is 0 Å². The fraction of sp³-hybridized carbons (Fsp3) is 0.889. The third-order valence-electron chi connectivity index (χ3n) is 1.39. The van der Waals surface area contributed by atoms with Crippen LogP contribution in [-0.2, 0) is 22.8 Å². The van der Waals surface area contributed by atoms with Gasteiger partial charge in [-0.15, -0.1) is 0 Å². The van der Waals surface area contributed by atoms with Gasteiger partial charge in [-0.25, -0.2) is 0 Å². The van der Waals surface area contributed by atoms with Crippen molar-refractivity contribution in [3.05, 3.63) is 0 Å². The topological polar surface area (TPSA) is 61.8 Å². The van der Waals surface area contributed by atoms with Gasteiger partial charge in [0.1, 0.15) is 6.16 Å². The normalized spacial score (nSPS) is 12.6. The predicted octanol–water partition coefficient (Wildman–Crippen LogP) is 2.63. The van der Waals surface area contributed by atoms with Crippen LogP contribution in [0.3, 0.4) is 0 Å². The molecule has 0 bridgehead atoms. The Morgan fingerprint density at radius 2 is 1.56 bits per heavy atom. The van der Waals surface area contributed by atoms with Crippen LogP contribution in [0.5, 0.6) is 0 Å². The zero-order valence-electron chi connectivity index (χ0n) is 10.6. The summed E-state index contributed by atoms with van der Waals surface area (Å²) in [4.78, 5) is 11.5. The molecule has 0 aliphatic rings. The number of hydrogen-bond acceptors (Lipinski definition) is 5. The van der Waals surface area contributed by atoms with Gasteiger partial charge in [-0.2, -0.15) is 0 Å².